The van der Waals surface area contributed by atoms with Gasteiger partial charge in [-0.05, 0) is 37.5 Å². The molecule has 1 amide bonds. The second-order valence-electron chi connectivity index (χ2n) is 7.11. The predicted molar refractivity (Wildman–Crippen MR) is 109 cm³/mol. The molecule has 1 atom stereocenters. The average molecular weight is 393 g/mol. The second-order valence-corrected chi connectivity index (χ2v) is 7.11. The lowest BCUT2D eigenvalue weighted by molar-refractivity contribution is -0.126. The van der Waals surface area contributed by atoms with Gasteiger partial charge in [-0.3, -0.25) is 4.79 Å². The molecule has 0 saturated carbocycles. The Hall–Kier alpha value is -3.12. The van der Waals surface area contributed by atoms with Crippen LogP contribution in [-0.4, -0.2) is 31.6 Å². The van der Waals surface area contributed by atoms with Crippen molar-refractivity contribution in [1.82, 2.24) is 0 Å². The molecule has 0 fully saturated rings. The molecule has 1 aliphatic rings. The molecular weight excluding hydrogens is 370 g/mol. The summed E-state index contributed by atoms with van der Waals surface area (Å²) in [6.45, 7) is 2.41. The van der Waals surface area contributed by atoms with Gasteiger partial charge in [-0.25, -0.2) is 4.79 Å². The molecule has 0 saturated heterocycles. The summed E-state index contributed by atoms with van der Waals surface area (Å²) < 4.78 is 16.4. The number of para-hydroxylation sites is 2. The van der Waals surface area contributed by atoms with Crippen LogP contribution >= 0.6 is 0 Å². The Bertz CT molecular complexity index is 1050. The predicted octanol–water partition coefficient (Wildman–Crippen LogP) is 4.10. The van der Waals surface area contributed by atoms with E-state index in [0.29, 0.717) is 17.7 Å². The zero-order valence-corrected chi connectivity index (χ0v) is 16.5. The molecule has 0 bridgehead atoms. The number of amides is 1. The number of hydrogen-bond donors (Lipinski definition) is 0. The van der Waals surface area contributed by atoms with Crippen molar-refractivity contribution in [3.05, 3.63) is 65.4 Å². The maximum Gasteiger partial charge on any atom is 0.375 e. The number of fused-ring (bicyclic) bond motifs is 2. The summed E-state index contributed by atoms with van der Waals surface area (Å²) in [6, 6.07) is 15.2. The number of ether oxygens (including phenoxy) is 2. The molecule has 150 valence electrons. The third-order valence-corrected chi connectivity index (χ3v) is 5.18. The van der Waals surface area contributed by atoms with E-state index in [1.54, 1.807) is 25.0 Å². The molecule has 2 aromatic carbocycles. The fraction of sp³-hybridized carbons (Fsp3) is 0.304. The molecule has 3 aromatic rings. The Balaban J connectivity index is 1.55. The quantitative estimate of drug-likeness (QED) is 0.611. The number of esters is 1. The van der Waals surface area contributed by atoms with Crippen LogP contribution in [0, 0.1) is 0 Å². The normalized spacial score (nSPS) is 14.5. The molecule has 2 heterocycles. The summed E-state index contributed by atoms with van der Waals surface area (Å²) in [7, 11) is 1.55. The minimum absolute atomic E-state index is 0.0757. The van der Waals surface area contributed by atoms with E-state index in [1.807, 2.05) is 42.5 Å². The van der Waals surface area contributed by atoms with E-state index in [1.165, 1.54) is 0 Å². The van der Waals surface area contributed by atoms with E-state index in [2.05, 4.69) is 0 Å². The SMILES string of the molecule is COCc1c(C(=O)OC(C)C(=O)N2CCCc3ccccc32)oc2ccccc12. The number of aryl methyl sites for hydroxylation is 1. The van der Waals surface area contributed by atoms with Crippen LogP contribution in [0.5, 0.6) is 0 Å². The lowest BCUT2D eigenvalue weighted by Gasteiger charge is -2.31. The van der Waals surface area contributed by atoms with Crippen molar-refractivity contribution >= 4 is 28.5 Å². The molecular formula is C23H23NO5. The highest BCUT2D eigenvalue weighted by Gasteiger charge is 2.30. The largest absolute Gasteiger partial charge is 0.449 e. The Labute approximate surface area is 169 Å². The van der Waals surface area contributed by atoms with Crippen LogP contribution in [0.15, 0.2) is 52.9 Å². The summed E-state index contributed by atoms with van der Waals surface area (Å²) >= 11 is 0. The Morgan fingerprint density at radius 3 is 2.72 bits per heavy atom. The van der Waals surface area contributed by atoms with Crippen molar-refractivity contribution in [3.63, 3.8) is 0 Å². The smallest absolute Gasteiger partial charge is 0.375 e. The molecule has 0 radical (unpaired) electrons. The molecule has 6 nitrogen and oxygen atoms in total. The molecule has 1 unspecified atom stereocenters. The fourth-order valence-corrected chi connectivity index (χ4v) is 3.80. The minimum Gasteiger partial charge on any atom is -0.449 e. The van der Waals surface area contributed by atoms with Crippen LogP contribution in [0.2, 0.25) is 0 Å². The van der Waals surface area contributed by atoms with E-state index in [9.17, 15) is 9.59 Å². The molecule has 29 heavy (non-hydrogen) atoms. The van der Waals surface area contributed by atoms with E-state index in [4.69, 9.17) is 13.9 Å². The second kappa shape index (κ2) is 8.09. The van der Waals surface area contributed by atoms with Crippen LogP contribution in [0.25, 0.3) is 11.0 Å². The number of benzene rings is 2. The first kappa shape index (κ1) is 19.2. The topological polar surface area (TPSA) is 69.0 Å². The third kappa shape index (κ3) is 3.63. The number of carbonyl (C=O) groups is 2. The van der Waals surface area contributed by atoms with Gasteiger partial charge in [0.25, 0.3) is 5.91 Å². The van der Waals surface area contributed by atoms with Crippen molar-refractivity contribution in [2.45, 2.75) is 32.5 Å². The van der Waals surface area contributed by atoms with Gasteiger partial charge in [-0.1, -0.05) is 36.4 Å². The summed E-state index contributed by atoms with van der Waals surface area (Å²) in [6.07, 6.45) is 0.885. The maximum absolute atomic E-state index is 13.0. The third-order valence-electron chi connectivity index (χ3n) is 5.18. The van der Waals surface area contributed by atoms with Gasteiger partial charge in [0, 0.05) is 30.3 Å². The van der Waals surface area contributed by atoms with E-state index < -0.39 is 12.1 Å². The zero-order valence-electron chi connectivity index (χ0n) is 16.5. The highest BCUT2D eigenvalue weighted by atomic mass is 16.6. The van der Waals surface area contributed by atoms with Crippen molar-refractivity contribution < 1.29 is 23.5 Å². The van der Waals surface area contributed by atoms with Gasteiger partial charge in [0.15, 0.2) is 6.10 Å². The van der Waals surface area contributed by atoms with Crippen molar-refractivity contribution in [2.75, 3.05) is 18.6 Å². The number of rotatable bonds is 5. The van der Waals surface area contributed by atoms with Crippen LogP contribution in [0.1, 0.15) is 35.0 Å². The molecule has 1 aliphatic heterocycles. The number of nitrogens with zero attached hydrogens (tertiary/aromatic N) is 1. The van der Waals surface area contributed by atoms with Gasteiger partial charge < -0.3 is 18.8 Å². The first-order chi connectivity index (χ1) is 14.1. The Kier molecular flexibility index (Phi) is 5.36. The number of furan rings is 1. The molecule has 1 aromatic heterocycles. The van der Waals surface area contributed by atoms with Crippen LogP contribution in [0.4, 0.5) is 5.69 Å². The van der Waals surface area contributed by atoms with Gasteiger partial charge >= 0.3 is 5.97 Å². The first-order valence-electron chi connectivity index (χ1n) is 9.69. The summed E-state index contributed by atoms with van der Waals surface area (Å²) in [5, 5.41) is 0.797. The van der Waals surface area contributed by atoms with Gasteiger partial charge in [0.2, 0.25) is 5.76 Å². The van der Waals surface area contributed by atoms with Crippen LogP contribution in [0.3, 0.4) is 0 Å². The lowest BCUT2D eigenvalue weighted by atomic mass is 10.0. The first-order valence-corrected chi connectivity index (χ1v) is 9.69. The van der Waals surface area contributed by atoms with Gasteiger partial charge in [0.1, 0.15) is 5.58 Å². The van der Waals surface area contributed by atoms with E-state index in [-0.39, 0.29) is 18.3 Å². The van der Waals surface area contributed by atoms with Crippen LogP contribution in [-0.2, 0) is 27.3 Å². The van der Waals surface area contributed by atoms with Crippen molar-refractivity contribution in [1.29, 1.82) is 0 Å². The van der Waals surface area contributed by atoms with Crippen molar-refractivity contribution in [3.8, 4) is 0 Å². The maximum atomic E-state index is 13.0. The summed E-state index contributed by atoms with van der Waals surface area (Å²) in [5.41, 5.74) is 3.22. The fourth-order valence-electron chi connectivity index (χ4n) is 3.80. The standard InChI is InChI=1S/C23H23NO5/c1-15(22(25)24-13-7-9-16-8-3-5-11-19(16)24)28-23(26)21-18(14-27-2)17-10-4-6-12-20(17)29-21/h3-6,8,10-12,15H,7,9,13-14H2,1-2H3. The molecule has 0 N–H and O–H groups in total. The van der Waals surface area contributed by atoms with Gasteiger partial charge in [0.05, 0.1) is 6.61 Å². The number of methoxy groups -OCH3 is 1. The van der Waals surface area contributed by atoms with E-state index in [0.717, 1.165) is 29.5 Å². The van der Waals surface area contributed by atoms with Crippen molar-refractivity contribution in [2.24, 2.45) is 0 Å². The van der Waals surface area contributed by atoms with Gasteiger partial charge in [-0.15, -0.1) is 0 Å². The molecule has 6 heteroatoms. The number of hydrogen-bond acceptors (Lipinski definition) is 5. The molecule has 4 rings (SSSR count). The highest BCUT2D eigenvalue weighted by molar-refractivity contribution is 6.01. The van der Waals surface area contributed by atoms with E-state index >= 15 is 0 Å². The summed E-state index contributed by atoms with van der Waals surface area (Å²) in [4.78, 5) is 27.5. The Morgan fingerprint density at radius 1 is 1.14 bits per heavy atom. The molecule has 0 spiro atoms. The molecule has 0 aliphatic carbocycles. The minimum atomic E-state index is -0.933. The van der Waals surface area contributed by atoms with Gasteiger partial charge in [-0.2, -0.15) is 0 Å². The van der Waals surface area contributed by atoms with Crippen LogP contribution < -0.4 is 4.90 Å². The average Bonchev–Trinajstić information content (AvgIpc) is 3.12. The Morgan fingerprint density at radius 2 is 1.90 bits per heavy atom. The summed E-state index contributed by atoms with van der Waals surface area (Å²) in [5.74, 6) is -0.832. The highest BCUT2D eigenvalue weighted by Crippen LogP contribution is 2.29. The zero-order chi connectivity index (χ0) is 20.4. The monoisotopic (exact) mass is 393 g/mol. The lowest BCUT2D eigenvalue weighted by Crippen LogP contribution is -2.42. The number of anilines is 1. The number of carbonyl (C=O) groups excluding carboxylic acids is 2.